The summed E-state index contributed by atoms with van der Waals surface area (Å²) in [6.45, 7) is 13.9. The summed E-state index contributed by atoms with van der Waals surface area (Å²) in [6.07, 6.45) is 1.27. The topological polar surface area (TPSA) is 3.24 Å². The van der Waals surface area contributed by atoms with Crippen molar-refractivity contribution in [2.45, 2.75) is 60.0 Å². The molecule has 1 nitrogen and oxygen atoms in total. The van der Waals surface area contributed by atoms with E-state index in [1.165, 1.54) is 6.42 Å². The van der Waals surface area contributed by atoms with Gasteiger partial charge in [0.2, 0.25) is 0 Å². The SMILES string of the molecule is CCC(C)[C@@H](C)N(C)[C@H](C)C(C)C. The zero-order valence-corrected chi connectivity index (χ0v) is 10.5. The van der Waals surface area contributed by atoms with Crippen molar-refractivity contribution in [1.29, 1.82) is 0 Å². The highest BCUT2D eigenvalue weighted by molar-refractivity contribution is 4.75. The van der Waals surface area contributed by atoms with Crippen LogP contribution in [0.25, 0.3) is 0 Å². The van der Waals surface area contributed by atoms with Crippen LogP contribution in [0.15, 0.2) is 0 Å². The average molecular weight is 185 g/mol. The second-order valence-corrected chi connectivity index (χ2v) is 4.78. The number of hydrogen-bond donors (Lipinski definition) is 0. The molecule has 0 fully saturated rings. The monoisotopic (exact) mass is 185 g/mol. The van der Waals surface area contributed by atoms with Gasteiger partial charge in [0.1, 0.15) is 0 Å². The first-order valence-electron chi connectivity index (χ1n) is 5.63. The van der Waals surface area contributed by atoms with Gasteiger partial charge in [-0.3, -0.25) is 0 Å². The van der Waals surface area contributed by atoms with E-state index in [2.05, 4.69) is 53.5 Å². The fourth-order valence-electron chi connectivity index (χ4n) is 1.58. The first-order valence-corrected chi connectivity index (χ1v) is 5.63. The Hall–Kier alpha value is -0.0400. The van der Waals surface area contributed by atoms with Gasteiger partial charge in [-0.1, -0.05) is 34.1 Å². The van der Waals surface area contributed by atoms with Crippen LogP contribution in [-0.2, 0) is 0 Å². The minimum atomic E-state index is 0.684. The lowest BCUT2D eigenvalue weighted by molar-refractivity contribution is 0.120. The molecule has 80 valence electrons. The van der Waals surface area contributed by atoms with Gasteiger partial charge < -0.3 is 4.90 Å². The normalized spacial score (nSPS) is 19.2. The van der Waals surface area contributed by atoms with E-state index in [-0.39, 0.29) is 0 Å². The van der Waals surface area contributed by atoms with E-state index in [9.17, 15) is 0 Å². The Balaban J connectivity index is 4.15. The first kappa shape index (κ1) is 13.0. The van der Waals surface area contributed by atoms with Gasteiger partial charge in [-0.25, -0.2) is 0 Å². The third kappa shape index (κ3) is 3.68. The first-order chi connectivity index (χ1) is 5.91. The van der Waals surface area contributed by atoms with Crippen LogP contribution in [0.4, 0.5) is 0 Å². The van der Waals surface area contributed by atoms with Crippen LogP contribution in [0.5, 0.6) is 0 Å². The van der Waals surface area contributed by atoms with Crippen molar-refractivity contribution in [3.05, 3.63) is 0 Å². The van der Waals surface area contributed by atoms with E-state index < -0.39 is 0 Å². The van der Waals surface area contributed by atoms with Gasteiger partial charge in [-0.2, -0.15) is 0 Å². The summed E-state index contributed by atoms with van der Waals surface area (Å²) in [5, 5.41) is 0. The molecule has 0 aliphatic heterocycles. The summed E-state index contributed by atoms with van der Waals surface area (Å²) in [5.41, 5.74) is 0. The quantitative estimate of drug-likeness (QED) is 0.634. The van der Waals surface area contributed by atoms with E-state index in [1.54, 1.807) is 0 Å². The van der Waals surface area contributed by atoms with Crippen molar-refractivity contribution in [2.75, 3.05) is 7.05 Å². The molecule has 0 rings (SSSR count). The molecule has 0 aliphatic rings. The summed E-state index contributed by atoms with van der Waals surface area (Å²) in [7, 11) is 2.25. The maximum atomic E-state index is 2.51. The molecule has 1 heteroatoms. The van der Waals surface area contributed by atoms with Crippen LogP contribution in [0, 0.1) is 11.8 Å². The third-order valence-electron chi connectivity index (χ3n) is 3.72. The Labute approximate surface area is 84.5 Å². The van der Waals surface area contributed by atoms with Crippen LogP contribution in [0.2, 0.25) is 0 Å². The third-order valence-corrected chi connectivity index (χ3v) is 3.72. The molecule has 0 spiro atoms. The molecule has 0 aliphatic carbocycles. The van der Waals surface area contributed by atoms with Gasteiger partial charge in [0.25, 0.3) is 0 Å². The molecule has 0 N–H and O–H groups in total. The fraction of sp³-hybridized carbons (Fsp3) is 1.00. The van der Waals surface area contributed by atoms with Gasteiger partial charge in [0.15, 0.2) is 0 Å². The Morgan fingerprint density at radius 2 is 1.38 bits per heavy atom. The molecule has 0 aromatic carbocycles. The molecule has 0 heterocycles. The molecule has 1 unspecified atom stereocenters. The lowest BCUT2D eigenvalue weighted by atomic mass is 9.96. The predicted molar refractivity (Wildman–Crippen MR) is 61.0 cm³/mol. The van der Waals surface area contributed by atoms with Gasteiger partial charge in [0, 0.05) is 12.1 Å². The van der Waals surface area contributed by atoms with E-state index >= 15 is 0 Å². The second-order valence-electron chi connectivity index (χ2n) is 4.78. The molecule has 0 saturated heterocycles. The zero-order chi connectivity index (χ0) is 10.6. The van der Waals surface area contributed by atoms with Crippen molar-refractivity contribution in [1.82, 2.24) is 4.90 Å². The van der Waals surface area contributed by atoms with E-state index in [0.29, 0.717) is 12.1 Å². The second kappa shape index (κ2) is 5.64. The number of hydrogen-bond acceptors (Lipinski definition) is 1. The van der Waals surface area contributed by atoms with Gasteiger partial charge in [-0.15, -0.1) is 0 Å². The minimum Gasteiger partial charge on any atom is -0.301 e. The maximum Gasteiger partial charge on any atom is 0.00923 e. The van der Waals surface area contributed by atoms with E-state index in [1.807, 2.05) is 0 Å². The molecule has 13 heavy (non-hydrogen) atoms. The Morgan fingerprint density at radius 1 is 0.923 bits per heavy atom. The van der Waals surface area contributed by atoms with Crippen LogP contribution in [0.1, 0.15) is 48.0 Å². The maximum absolute atomic E-state index is 2.51. The molecule has 0 aromatic rings. The van der Waals surface area contributed by atoms with Crippen LogP contribution in [0.3, 0.4) is 0 Å². The average Bonchev–Trinajstić information content (AvgIpc) is 2.12. The van der Waals surface area contributed by atoms with Gasteiger partial charge >= 0.3 is 0 Å². The molecular formula is C12H27N. The molecular weight excluding hydrogens is 158 g/mol. The molecule has 3 atom stereocenters. The number of rotatable bonds is 5. The highest BCUT2D eigenvalue weighted by Crippen LogP contribution is 2.18. The smallest absolute Gasteiger partial charge is 0.00923 e. The summed E-state index contributed by atoms with van der Waals surface area (Å²) in [5.74, 6) is 1.54. The van der Waals surface area contributed by atoms with Gasteiger partial charge in [-0.05, 0) is 32.7 Å². The van der Waals surface area contributed by atoms with Crippen molar-refractivity contribution < 1.29 is 0 Å². The predicted octanol–water partition coefficient (Wildman–Crippen LogP) is 3.40. The highest BCUT2D eigenvalue weighted by atomic mass is 15.2. The molecule has 0 amide bonds. The highest BCUT2D eigenvalue weighted by Gasteiger charge is 2.21. The molecule has 0 aromatic heterocycles. The molecule has 0 radical (unpaired) electrons. The minimum absolute atomic E-state index is 0.684. The van der Waals surface area contributed by atoms with E-state index in [4.69, 9.17) is 0 Å². The summed E-state index contributed by atoms with van der Waals surface area (Å²) in [4.78, 5) is 2.51. The number of nitrogens with zero attached hydrogens (tertiary/aromatic N) is 1. The standard InChI is InChI=1S/C12H27N/c1-8-10(4)12(6)13(7)11(5)9(2)3/h9-12H,8H2,1-7H3/t10?,11-,12-/m1/s1. The van der Waals surface area contributed by atoms with Crippen LogP contribution < -0.4 is 0 Å². The molecule has 0 saturated carbocycles. The fourth-order valence-corrected chi connectivity index (χ4v) is 1.58. The summed E-state index contributed by atoms with van der Waals surface area (Å²) in [6, 6.07) is 1.38. The molecule has 0 bridgehead atoms. The van der Waals surface area contributed by atoms with Crippen molar-refractivity contribution in [3.8, 4) is 0 Å². The summed E-state index contributed by atoms with van der Waals surface area (Å²) < 4.78 is 0. The Kier molecular flexibility index (Phi) is 5.62. The van der Waals surface area contributed by atoms with Crippen molar-refractivity contribution in [2.24, 2.45) is 11.8 Å². The Bertz CT molecular complexity index is 131. The van der Waals surface area contributed by atoms with Crippen LogP contribution >= 0.6 is 0 Å². The Morgan fingerprint density at radius 3 is 1.69 bits per heavy atom. The van der Waals surface area contributed by atoms with Crippen LogP contribution in [-0.4, -0.2) is 24.0 Å². The lowest BCUT2D eigenvalue weighted by Crippen LogP contribution is -2.42. The van der Waals surface area contributed by atoms with Crippen molar-refractivity contribution in [3.63, 3.8) is 0 Å². The largest absolute Gasteiger partial charge is 0.301 e. The zero-order valence-electron chi connectivity index (χ0n) is 10.5. The van der Waals surface area contributed by atoms with Crippen molar-refractivity contribution >= 4 is 0 Å². The van der Waals surface area contributed by atoms with E-state index in [0.717, 1.165) is 11.8 Å². The van der Waals surface area contributed by atoms with Gasteiger partial charge in [0.05, 0.1) is 0 Å². The lowest BCUT2D eigenvalue weighted by Gasteiger charge is -2.36. The summed E-state index contributed by atoms with van der Waals surface area (Å²) >= 11 is 0.